The number of nitrogens with one attached hydrogen (secondary N) is 1. The lowest BCUT2D eigenvalue weighted by molar-refractivity contribution is 0.121. The quantitative estimate of drug-likeness (QED) is 0.875. The lowest BCUT2D eigenvalue weighted by atomic mass is 10.3. The van der Waals surface area contributed by atoms with Gasteiger partial charge in [0.25, 0.3) is 0 Å². The van der Waals surface area contributed by atoms with Gasteiger partial charge in [-0.1, -0.05) is 0 Å². The lowest BCUT2D eigenvalue weighted by Crippen LogP contribution is -2.39. The molecule has 1 N–H and O–H groups in total. The number of aromatic amines is 1. The summed E-state index contributed by atoms with van der Waals surface area (Å²) < 4.78 is 10.8. The van der Waals surface area contributed by atoms with Gasteiger partial charge in [0.15, 0.2) is 0 Å². The summed E-state index contributed by atoms with van der Waals surface area (Å²) >= 11 is 0. The highest BCUT2D eigenvalue weighted by Crippen LogP contribution is 2.26. The number of nitrogens with zero attached hydrogens (tertiary/aromatic N) is 4. The number of ether oxygens (including phenoxy) is 2. The van der Waals surface area contributed by atoms with Crippen LogP contribution in [0.25, 0.3) is 11.0 Å². The van der Waals surface area contributed by atoms with E-state index in [-0.39, 0.29) is 0 Å². The average Bonchev–Trinajstić information content (AvgIpc) is 3.04. The van der Waals surface area contributed by atoms with E-state index >= 15 is 0 Å². The SMILES string of the molecule is c1cc2c(N3CCOCC3)nc(N3CCOCC3)nc2[nH]1. The zero-order valence-electron chi connectivity index (χ0n) is 11.9. The Morgan fingerprint density at radius 3 is 2.29 bits per heavy atom. The molecule has 0 radical (unpaired) electrons. The molecule has 7 heteroatoms. The lowest BCUT2D eigenvalue weighted by Gasteiger charge is -2.31. The van der Waals surface area contributed by atoms with E-state index in [0.29, 0.717) is 0 Å². The molecule has 4 rings (SSSR count). The van der Waals surface area contributed by atoms with E-state index in [9.17, 15) is 0 Å². The number of fused-ring (bicyclic) bond motifs is 1. The van der Waals surface area contributed by atoms with Crippen LogP contribution in [0.3, 0.4) is 0 Å². The van der Waals surface area contributed by atoms with Gasteiger partial charge in [-0.05, 0) is 6.07 Å². The molecule has 2 aromatic rings. The van der Waals surface area contributed by atoms with Crippen LogP contribution >= 0.6 is 0 Å². The molecule has 7 nitrogen and oxygen atoms in total. The summed E-state index contributed by atoms with van der Waals surface area (Å²) in [5, 5.41) is 1.08. The summed E-state index contributed by atoms with van der Waals surface area (Å²) in [6, 6.07) is 2.04. The largest absolute Gasteiger partial charge is 0.378 e. The third-order valence-corrected chi connectivity index (χ3v) is 3.99. The first-order valence-electron chi connectivity index (χ1n) is 7.42. The summed E-state index contributed by atoms with van der Waals surface area (Å²) in [5.74, 6) is 1.79. The van der Waals surface area contributed by atoms with E-state index in [1.54, 1.807) is 0 Å². The van der Waals surface area contributed by atoms with Crippen LogP contribution in [0.5, 0.6) is 0 Å². The fraction of sp³-hybridized carbons (Fsp3) is 0.571. The second-order valence-electron chi connectivity index (χ2n) is 5.29. The Kier molecular flexibility index (Phi) is 3.36. The molecular formula is C14H19N5O2. The molecule has 2 aliphatic heterocycles. The van der Waals surface area contributed by atoms with Crippen LogP contribution in [-0.2, 0) is 9.47 Å². The van der Waals surface area contributed by atoms with Gasteiger partial charge in [0, 0.05) is 32.4 Å². The summed E-state index contributed by atoms with van der Waals surface area (Å²) in [7, 11) is 0. The van der Waals surface area contributed by atoms with Gasteiger partial charge in [0.2, 0.25) is 5.95 Å². The maximum absolute atomic E-state index is 5.44. The summed E-state index contributed by atoms with van der Waals surface area (Å²) in [4.78, 5) is 17.2. The van der Waals surface area contributed by atoms with Crippen molar-refractivity contribution < 1.29 is 9.47 Å². The van der Waals surface area contributed by atoms with Gasteiger partial charge in [-0.2, -0.15) is 9.97 Å². The van der Waals surface area contributed by atoms with Gasteiger partial charge >= 0.3 is 0 Å². The van der Waals surface area contributed by atoms with Crippen LogP contribution < -0.4 is 9.80 Å². The summed E-state index contributed by atoms with van der Waals surface area (Å²) in [6.07, 6.45) is 1.92. The van der Waals surface area contributed by atoms with Crippen molar-refractivity contribution in [2.24, 2.45) is 0 Å². The highest BCUT2D eigenvalue weighted by Gasteiger charge is 2.21. The van der Waals surface area contributed by atoms with Crippen molar-refractivity contribution in [3.8, 4) is 0 Å². The number of anilines is 2. The van der Waals surface area contributed by atoms with Crippen LogP contribution in [0.1, 0.15) is 0 Å². The molecule has 2 aromatic heterocycles. The first kappa shape index (κ1) is 12.8. The standard InChI is InChI=1S/C14H19N5O2/c1-2-15-12-11(1)13(18-3-7-20-8-4-18)17-14(16-12)19-5-9-21-10-6-19/h1-2H,3-10H2,(H,15,16,17). The van der Waals surface area contributed by atoms with Crippen molar-refractivity contribution in [1.29, 1.82) is 0 Å². The zero-order valence-corrected chi connectivity index (χ0v) is 11.9. The molecule has 0 amide bonds. The van der Waals surface area contributed by atoms with Crippen LogP contribution in [0.4, 0.5) is 11.8 Å². The molecule has 0 aliphatic carbocycles. The molecule has 21 heavy (non-hydrogen) atoms. The van der Waals surface area contributed by atoms with E-state index in [4.69, 9.17) is 14.5 Å². The van der Waals surface area contributed by atoms with Gasteiger partial charge in [-0.15, -0.1) is 0 Å². The maximum Gasteiger partial charge on any atom is 0.229 e. The third-order valence-electron chi connectivity index (χ3n) is 3.99. The van der Waals surface area contributed by atoms with Crippen molar-refractivity contribution in [1.82, 2.24) is 15.0 Å². The van der Waals surface area contributed by atoms with E-state index in [1.165, 1.54) is 0 Å². The molecule has 0 bridgehead atoms. The molecule has 0 spiro atoms. The van der Waals surface area contributed by atoms with Gasteiger partial charge in [0.05, 0.1) is 31.8 Å². The van der Waals surface area contributed by atoms with Crippen molar-refractivity contribution in [2.75, 3.05) is 62.4 Å². The second-order valence-corrected chi connectivity index (χ2v) is 5.29. The molecule has 2 aliphatic rings. The smallest absolute Gasteiger partial charge is 0.229 e. The summed E-state index contributed by atoms with van der Waals surface area (Å²) in [6.45, 7) is 6.41. The number of hydrogen-bond donors (Lipinski definition) is 1. The predicted molar refractivity (Wildman–Crippen MR) is 80.0 cm³/mol. The molecule has 0 aromatic carbocycles. The normalized spacial score (nSPS) is 20.2. The molecular weight excluding hydrogens is 270 g/mol. The van der Waals surface area contributed by atoms with E-state index in [1.807, 2.05) is 12.3 Å². The second kappa shape index (κ2) is 5.50. The number of H-pyrrole nitrogens is 1. The molecule has 0 unspecified atom stereocenters. The van der Waals surface area contributed by atoms with Crippen LogP contribution in [0.2, 0.25) is 0 Å². The molecule has 0 saturated carbocycles. The van der Waals surface area contributed by atoms with Gasteiger partial charge in [0.1, 0.15) is 11.5 Å². The highest BCUT2D eigenvalue weighted by molar-refractivity contribution is 5.88. The van der Waals surface area contributed by atoms with Gasteiger partial charge < -0.3 is 24.3 Å². The van der Waals surface area contributed by atoms with Crippen molar-refractivity contribution in [2.45, 2.75) is 0 Å². The topological polar surface area (TPSA) is 66.5 Å². The Labute approximate surface area is 122 Å². The number of morpholine rings is 2. The Hall–Kier alpha value is -1.86. The maximum atomic E-state index is 5.44. The Bertz CT molecular complexity index is 617. The minimum absolute atomic E-state index is 0.735. The van der Waals surface area contributed by atoms with Crippen molar-refractivity contribution in [3.63, 3.8) is 0 Å². The fourth-order valence-electron chi connectivity index (χ4n) is 2.83. The minimum Gasteiger partial charge on any atom is -0.378 e. The Morgan fingerprint density at radius 2 is 1.57 bits per heavy atom. The van der Waals surface area contributed by atoms with Gasteiger partial charge in [-0.3, -0.25) is 0 Å². The zero-order chi connectivity index (χ0) is 14.1. The minimum atomic E-state index is 0.735. The summed E-state index contributed by atoms with van der Waals surface area (Å²) in [5.41, 5.74) is 0.896. The first-order chi connectivity index (χ1) is 10.4. The number of rotatable bonds is 2. The molecule has 2 fully saturated rings. The average molecular weight is 289 g/mol. The number of hydrogen-bond acceptors (Lipinski definition) is 6. The Morgan fingerprint density at radius 1 is 0.905 bits per heavy atom. The van der Waals surface area contributed by atoms with E-state index in [0.717, 1.165) is 75.4 Å². The molecule has 2 saturated heterocycles. The predicted octanol–water partition coefficient (Wildman–Crippen LogP) is 0.631. The van der Waals surface area contributed by atoms with E-state index in [2.05, 4.69) is 19.8 Å². The van der Waals surface area contributed by atoms with Crippen molar-refractivity contribution >= 4 is 22.8 Å². The molecule has 0 atom stereocenters. The molecule has 4 heterocycles. The monoisotopic (exact) mass is 289 g/mol. The first-order valence-corrected chi connectivity index (χ1v) is 7.42. The Balaban J connectivity index is 1.74. The van der Waals surface area contributed by atoms with E-state index < -0.39 is 0 Å². The van der Waals surface area contributed by atoms with Crippen LogP contribution in [0, 0.1) is 0 Å². The van der Waals surface area contributed by atoms with Crippen molar-refractivity contribution in [3.05, 3.63) is 12.3 Å². The van der Waals surface area contributed by atoms with Crippen LogP contribution in [0.15, 0.2) is 12.3 Å². The fourth-order valence-corrected chi connectivity index (χ4v) is 2.83. The molecule has 112 valence electrons. The number of aromatic nitrogens is 3. The van der Waals surface area contributed by atoms with Gasteiger partial charge in [-0.25, -0.2) is 0 Å². The third kappa shape index (κ3) is 2.43. The van der Waals surface area contributed by atoms with Crippen LogP contribution in [-0.4, -0.2) is 67.6 Å². The highest BCUT2D eigenvalue weighted by atomic mass is 16.5.